The number of carbonyl (C=O) groups excluding carboxylic acids is 2. The molecule has 4 rings (SSSR count). The van der Waals surface area contributed by atoms with Gasteiger partial charge in [0.25, 0.3) is 11.8 Å². The molecular formula is C21H16N2O3. The molecule has 0 spiro atoms. The highest BCUT2D eigenvalue weighted by Gasteiger charge is 2.36. The molecule has 5 nitrogen and oxygen atoms in total. The standard InChI is InChI=1S/C21H16N2O3/c1-14-8-9-16(11-15(14)13-26-17-5-4-10-22-12-17)23-20(24)18-6-2-3-7-19(18)21(23)25/h2-12H,13H2,1H3. The van der Waals surface area contributed by atoms with Crippen molar-refractivity contribution in [2.75, 3.05) is 4.90 Å². The maximum Gasteiger partial charge on any atom is 0.266 e. The van der Waals surface area contributed by atoms with Gasteiger partial charge >= 0.3 is 0 Å². The molecule has 0 radical (unpaired) electrons. The van der Waals surface area contributed by atoms with E-state index in [0.717, 1.165) is 11.1 Å². The molecule has 0 unspecified atom stereocenters. The Kier molecular flexibility index (Phi) is 3.97. The predicted molar refractivity (Wildman–Crippen MR) is 97.3 cm³/mol. The smallest absolute Gasteiger partial charge is 0.266 e. The van der Waals surface area contributed by atoms with Crippen molar-refractivity contribution in [3.05, 3.63) is 89.2 Å². The van der Waals surface area contributed by atoms with Gasteiger partial charge in [-0.25, -0.2) is 4.90 Å². The van der Waals surface area contributed by atoms with E-state index in [0.29, 0.717) is 29.2 Å². The third-order valence-corrected chi connectivity index (χ3v) is 4.41. The van der Waals surface area contributed by atoms with E-state index in [2.05, 4.69) is 4.98 Å². The first-order chi connectivity index (χ1) is 12.6. The van der Waals surface area contributed by atoms with E-state index < -0.39 is 0 Å². The molecule has 0 aliphatic carbocycles. The topological polar surface area (TPSA) is 59.5 Å². The molecule has 128 valence electrons. The quantitative estimate of drug-likeness (QED) is 0.676. The van der Waals surface area contributed by atoms with Gasteiger partial charge in [0.1, 0.15) is 12.4 Å². The van der Waals surface area contributed by atoms with Gasteiger partial charge in [-0.3, -0.25) is 14.6 Å². The van der Waals surface area contributed by atoms with Crippen LogP contribution < -0.4 is 9.64 Å². The van der Waals surface area contributed by atoms with Crippen molar-refractivity contribution >= 4 is 17.5 Å². The summed E-state index contributed by atoms with van der Waals surface area (Å²) in [5.41, 5.74) is 3.35. The zero-order valence-corrected chi connectivity index (χ0v) is 14.2. The Morgan fingerprint density at radius 2 is 1.69 bits per heavy atom. The summed E-state index contributed by atoms with van der Waals surface area (Å²) < 4.78 is 5.76. The molecule has 0 bridgehead atoms. The predicted octanol–water partition coefficient (Wildman–Crippen LogP) is 3.77. The van der Waals surface area contributed by atoms with Crippen LogP contribution in [0.2, 0.25) is 0 Å². The largest absolute Gasteiger partial charge is 0.487 e. The molecule has 1 aliphatic rings. The fourth-order valence-corrected chi connectivity index (χ4v) is 2.97. The van der Waals surface area contributed by atoms with Crippen molar-refractivity contribution in [3.8, 4) is 5.75 Å². The molecule has 2 aromatic carbocycles. The number of pyridine rings is 1. The van der Waals surface area contributed by atoms with E-state index in [1.165, 1.54) is 4.90 Å². The number of ether oxygens (including phenoxy) is 1. The van der Waals surface area contributed by atoms with Gasteiger partial charge in [0, 0.05) is 6.20 Å². The van der Waals surface area contributed by atoms with Gasteiger partial charge in [-0.1, -0.05) is 18.2 Å². The molecule has 26 heavy (non-hydrogen) atoms. The lowest BCUT2D eigenvalue weighted by Gasteiger charge is -2.17. The lowest BCUT2D eigenvalue weighted by atomic mass is 10.1. The van der Waals surface area contributed by atoms with Crippen LogP contribution in [0.5, 0.6) is 5.75 Å². The van der Waals surface area contributed by atoms with Crippen molar-refractivity contribution in [1.82, 2.24) is 4.98 Å². The van der Waals surface area contributed by atoms with Gasteiger partial charge in [0.15, 0.2) is 0 Å². The SMILES string of the molecule is Cc1ccc(N2C(=O)c3ccccc3C2=O)cc1COc1cccnc1. The van der Waals surface area contributed by atoms with Gasteiger partial charge in [-0.15, -0.1) is 0 Å². The third-order valence-electron chi connectivity index (χ3n) is 4.41. The fourth-order valence-electron chi connectivity index (χ4n) is 2.97. The number of fused-ring (bicyclic) bond motifs is 1. The Morgan fingerprint density at radius 3 is 2.35 bits per heavy atom. The van der Waals surface area contributed by atoms with Crippen LogP contribution in [0.1, 0.15) is 31.8 Å². The maximum absolute atomic E-state index is 12.6. The highest BCUT2D eigenvalue weighted by Crippen LogP contribution is 2.29. The summed E-state index contributed by atoms with van der Waals surface area (Å²) in [5.74, 6) is 0.0696. The van der Waals surface area contributed by atoms with Crippen LogP contribution in [0.4, 0.5) is 5.69 Å². The molecular weight excluding hydrogens is 328 g/mol. The lowest BCUT2D eigenvalue weighted by Crippen LogP contribution is -2.29. The van der Waals surface area contributed by atoms with Crippen LogP contribution in [-0.2, 0) is 6.61 Å². The summed E-state index contributed by atoms with van der Waals surface area (Å²) in [6, 6.07) is 16.0. The zero-order valence-electron chi connectivity index (χ0n) is 14.2. The van der Waals surface area contributed by atoms with Crippen LogP contribution in [0.25, 0.3) is 0 Å². The van der Waals surface area contributed by atoms with Crippen molar-refractivity contribution in [1.29, 1.82) is 0 Å². The molecule has 0 atom stereocenters. The van der Waals surface area contributed by atoms with Crippen LogP contribution in [0.15, 0.2) is 67.0 Å². The van der Waals surface area contributed by atoms with Crippen LogP contribution >= 0.6 is 0 Å². The number of imide groups is 1. The van der Waals surface area contributed by atoms with Gasteiger partial charge in [-0.05, 0) is 54.4 Å². The molecule has 0 N–H and O–H groups in total. The molecule has 2 amide bonds. The number of amides is 2. The molecule has 0 saturated heterocycles. The summed E-state index contributed by atoms with van der Waals surface area (Å²) in [6.07, 6.45) is 3.32. The van der Waals surface area contributed by atoms with Gasteiger partial charge < -0.3 is 4.74 Å². The number of rotatable bonds is 4. The van der Waals surface area contributed by atoms with Crippen LogP contribution in [0, 0.1) is 6.92 Å². The number of nitrogens with zero attached hydrogens (tertiary/aromatic N) is 2. The van der Waals surface area contributed by atoms with E-state index >= 15 is 0 Å². The van der Waals surface area contributed by atoms with E-state index in [9.17, 15) is 9.59 Å². The number of carbonyl (C=O) groups is 2. The number of benzene rings is 2. The summed E-state index contributed by atoms with van der Waals surface area (Å²) in [6.45, 7) is 2.29. The minimum Gasteiger partial charge on any atom is -0.487 e. The Morgan fingerprint density at radius 1 is 0.962 bits per heavy atom. The second kappa shape index (κ2) is 6.44. The van der Waals surface area contributed by atoms with Crippen molar-refractivity contribution in [2.45, 2.75) is 13.5 Å². The van der Waals surface area contributed by atoms with Crippen molar-refractivity contribution in [3.63, 3.8) is 0 Å². The summed E-state index contributed by atoms with van der Waals surface area (Å²) in [7, 11) is 0. The molecule has 5 heteroatoms. The highest BCUT2D eigenvalue weighted by atomic mass is 16.5. The van der Waals surface area contributed by atoms with E-state index in [1.54, 1.807) is 48.8 Å². The molecule has 0 fully saturated rings. The van der Waals surface area contributed by atoms with Crippen LogP contribution in [-0.4, -0.2) is 16.8 Å². The highest BCUT2D eigenvalue weighted by molar-refractivity contribution is 6.34. The number of anilines is 1. The van der Waals surface area contributed by atoms with Gasteiger partial charge in [0.05, 0.1) is 23.0 Å². The summed E-state index contributed by atoms with van der Waals surface area (Å²) >= 11 is 0. The molecule has 0 saturated carbocycles. The normalized spacial score (nSPS) is 13.0. The average Bonchev–Trinajstić information content (AvgIpc) is 2.93. The minimum absolute atomic E-state index is 0.298. The number of aryl methyl sites for hydroxylation is 1. The van der Waals surface area contributed by atoms with E-state index in [-0.39, 0.29) is 11.8 Å². The molecule has 2 heterocycles. The van der Waals surface area contributed by atoms with Crippen molar-refractivity contribution in [2.24, 2.45) is 0 Å². The van der Waals surface area contributed by atoms with Crippen LogP contribution in [0.3, 0.4) is 0 Å². The van der Waals surface area contributed by atoms with Gasteiger partial charge in [0.2, 0.25) is 0 Å². The average molecular weight is 344 g/mol. The van der Waals surface area contributed by atoms with E-state index in [4.69, 9.17) is 4.74 Å². The monoisotopic (exact) mass is 344 g/mol. The molecule has 1 aliphatic heterocycles. The first kappa shape index (κ1) is 16.0. The Balaban J connectivity index is 1.62. The number of hydrogen-bond donors (Lipinski definition) is 0. The lowest BCUT2D eigenvalue weighted by molar-refractivity contribution is 0.0926. The Bertz CT molecular complexity index is 964. The first-order valence-electron chi connectivity index (χ1n) is 8.25. The maximum atomic E-state index is 12.6. The van der Waals surface area contributed by atoms with Gasteiger partial charge in [-0.2, -0.15) is 0 Å². The summed E-state index contributed by atoms with van der Waals surface area (Å²) in [4.78, 5) is 30.5. The van der Waals surface area contributed by atoms with Crippen molar-refractivity contribution < 1.29 is 14.3 Å². The summed E-state index contributed by atoms with van der Waals surface area (Å²) in [5, 5.41) is 0. The first-order valence-corrected chi connectivity index (χ1v) is 8.25. The Hall–Kier alpha value is -3.47. The zero-order chi connectivity index (χ0) is 18.1. The number of hydrogen-bond acceptors (Lipinski definition) is 4. The second-order valence-corrected chi connectivity index (χ2v) is 6.08. The minimum atomic E-state index is -0.298. The third kappa shape index (κ3) is 2.73. The molecule has 1 aromatic heterocycles. The fraction of sp³-hybridized carbons (Fsp3) is 0.0952. The second-order valence-electron chi connectivity index (χ2n) is 6.08. The Labute approximate surface area is 150 Å². The molecule has 3 aromatic rings. The number of aromatic nitrogens is 1. The van der Waals surface area contributed by atoms with E-state index in [1.807, 2.05) is 25.1 Å².